The first-order valence-corrected chi connectivity index (χ1v) is 3.83. The van der Waals surface area contributed by atoms with Gasteiger partial charge in [0.1, 0.15) is 12.0 Å². The molecule has 0 aliphatic rings. The molecule has 0 fully saturated rings. The monoisotopic (exact) mass is 192 g/mol. The first kappa shape index (κ1) is 8.42. The van der Waals surface area contributed by atoms with E-state index >= 15 is 0 Å². The van der Waals surface area contributed by atoms with E-state index in [2.05, 4.69) is 21.9 Å². The van der Waals surface area contributed by atoms with Gasteiger partial charge in [0.15, 0.2) is 5.65 Å². The zero-order chi connectivity index (χ0) is 10.3. The van der Waals surface area contributed by atoms with Crippen molar-refractivity contribution in [3.8, 4) is 0 Å². The van der Waals surface area contributed by atoms with E-state index in [9.17, 15) is 4.79 Å². The summed E-state index contributed by atoms with van der Waals surface area (Å²) < 4.78 is 2.37. The lowest BCUT2D eigenvalue weighted by molar-refractivity contribution is 0.607. The number of nitrogens with two attached hydrogens (primary N) is 1. The fraction of sp³-hybridized carbons (Fsp3) is 0.143. The van der Waals surface area contributed by atoms with Crippen LogP contribution in [0, 0.1) is 0 Å². The Kier molecular flexibility index (Phi) is 1.60. The van der Waals surface area contributed by atoms with Crippen LogP contribution < -0.4 is 11.4 Å². The lowest BCUT2D eigenvalue weighted by Crippen LogP contribution is -2.27. The SMILES string of the molecule is C=C(N)c1ncn2c(=O)n(C)nnc12. The van der Waals surface area contributed by atoms with E-state index in [0.717, 1.165) is 4.68 Å². The van der Waals surface area contributed by atoms with Crippen molar-refractivity contribution in [3.05, 3.63) is 29.1 Å². The molecule has 0 aliphatic carbocycles. The molecule has 0 amide bonds. The average molecular weight is 192 g/mol. The van der Waals surface area contributed by atoms with Gasteiger partial charge in [-0.25, -0.2) is 14.2 Å². The standard InChI is InChI=1S/C7H8N6O/c1-4(8)5-6-10-11-12(2)7(14)13(6)3-9-5/h3H,1,8H2,2H3. The maximum atomic E-state index is 11.5. The quantitative estimate of drug-likeness (QED) is 0.609. The molecule has 7 heteroatoms. The van der Waals surface area contributed by atoms with E-state index in [1.54, 1.807) is 0 Å². The van der Waals surface area contributed by atoms with Gasteiger partial charge in [0.25, 0.3) is 0 Å². The Morgan fingerprint density at radius 3 is 3.00 bits per heavy atom. The largest absolute Gasteiger partial charge is 0.397 e. The van der Waals surface area contributed by atoms with E-state index in [1.165, 1.54) is 17.8 Å². The van der Waals surface area contributed by atoms with Crippen molar-refractivity contribution in [2.45, 2.75) is 0 Å². The highest BCUT2D eigenvalue weighted by atomic mass is 16.2. The second-order valence-corrected chi connectivity index (χ2v) is 2.81. The lowest BCUT2D eigenvalue weighted by Gasteiger charge is -1.96. The van der Waals surface area contributed by atoms with Gasteiger partial charge in [-0.2, -0.15) is 4.68 Å². The van der Waals surface area contributed by atoms with Crippen LogP contribution in [-0.2, 0) is 7.05 Å². The molecule has 7 nitrogen and oxygen atoms in total. The van der Waals surface area contributed by atoms with E-state index < -0.39 is 0 Å². The Morgan fingerprint density at radius 1 is 1.64 bits per heavy atom. The summed E-state index contributed by atoms with van der Waals surface area (Å²) in [6.45, 7) is 3.53. The highest BCUT2D eigenvalue weighted by Gasteiger charge is 2.10. The fourth-order valence-corrected chi connectivity index (χ4v) is 1.11. The molecule has 72 valence electrons. The molecule has 0 spiro atoms. The molecule has 2 rings (SSSR count). The Balaban J connectivity index is 2.91. The van der Waals surface area contributed by atoms with Crippen molar-refractivity contribution in [3.63, 3.8) is 0 Å². The number of aromatic nitrogens is 5. The van der Waals surface area contributed by atoms with Crippen LogP contribution in [0.3, 0.4) is 0 Å². The first-order valence-electron chi connectivity index (χ1n) is 3.83. The number of hydrogen-bond donors (Lipinski definition) is 1. The van der Waals surface area contributed by atoms with Gasteiger partial charge in [-0.15, -0.1) is 5.10 Å². The van der Waals surface area contributed by atoms with Gasteiger partial charge in [-0.3, -0.25) is 0 Å². The number of rotatable bonds is 1. The summed E-state index contributed by atoms with van der Waals surface area (Å²) in [6, 6.07) is 0. The molecule has 2 aromatic heterocycles. The van der Waals surface area contributed by atoms with Crippen molar-refractivity contribution in [2.75, 3.05) is 0 Å². The van der Waals surface area contributed by atoms with Crippen LogP contribution in [0.5, 0.6) is 0 Å². The third-order valence-electron chi connectivity index (χ3n) is 1.80. The summed E-state index contributed by atoms with van der Waals surface area (Å²) in [6.07, 6.45) is 1.35. The third-order valence-corrected chi connectivity index (χ3v) is 1.80. The van der Waals surface area contributed by atoms with Gasteiger partial charge >= 0.3 is 5.69 Å². The van der Waals surface area contributed by atoms with Gasteiger partial charge in [0, 0.05) is 7.05 Å². The summed E-state index contributed by atoms with van der Waals surface area (Å²) in [5.74, 6) is 0. The predicted octanol–water partition coefficient (Wildman–Crippen LogP) is -1.25. The number of imidazole rings is 1. The molecule has 0 aromatic carbocycles. The molecule has 0 aliphatic heterocycles. The lowest BCUT2D eigenvalue weighted by atomic mass is 10.4. The zero-order valence-corrected chi connectivity index (χ0v) is 7.51. The van der Waals surface area contributed by atoms with Crippen LogP contribution in [0.2, 0.25) is 0 Å². The predicted molar refractivity (Wildman–Crippen MR) is 49.2 cm³/mol. The summed E-state index contributed by atoms with van der Waals surface area (Å²) in [5, 5.41) is 7.41. The molecule has 14 heavy (non-hydrogen) atoms. The molecule has 2 aromatic rings. The Bertz CT molecular complexity index is 565. The molecule has 0 atom stereocenters. The van der Waals surface area contributed by atoms with Crippen molar-refractivity contribution in [2.24, 2.45) is 12.8 Å². The maximum Gasteiger partial charge on any atom is 0.352 e. The molecular formula is C7H8N6O. The van der Waals surface area contributed by atoms with E-state index in [4.69, 9.17) is 5.73 Å². The minimum absolute atomic E-state index is 0.259. The van der Waals surface area contributed by atoms with Crippen LogP contribution in [0.1, 0.15) is 5.69 Å². The molecule has 0 saturated carbocycles. The van der Waals surface area contributed by atoms with E-state index in [-0.39, 0.29) is 11.4 Å². The minimum Gasteiger partial charge on any atom is -0.397 e. The maximum absolute atomic E-state index is 11.5. The van der Waals surface area contributed by atoms with Crippen LogP contribution >= 0.6 is 0 Å². The van der Waals surface area contributed by atoms with Crippen molar-refractivity contribution < 1.29 is 0 Å². The van der Waals surface area contributed by atoms with E-state index in [0.29, 0.717) is 11.3 Å². The van der Waals surface area contributed by atoms with Gasteiger partial charge in [-0.1, -0.05) is 11.8 Å². The summed E-state index contributed by atoms with van der Waals surface area (Å²) in [5.41, 5.74) is 6.11. The summed E-state index contributed by atoms with van der Waals surface area (Å²) >= 11 is 0. The third kappa shape index (κ3) is 0.987. The average Bonchev–Trinajstić information content (AvgIpc) is 2.55. The van der Waals surface area contributed by atoms with Crippen LogP contribution in [0.4, 0.5) is 0 Å². The topological polar surface area (TPSA) is 91.1 Å². The van der Waals surface area contributed by atoms with Crippen molar-refractivity contribution in [1.82, 2.24) is 24.4 Å². The molecule has 0 radical (unpaired) electrons. The first-order chi connectivity index (χ1) is 6.61. The molecular weight excluding hydrogens is 184 g/mol. The fourth-order valence-electron chi connectivity index (χ4n) is 1.11. The minimum atomic E-state index is -0.324. The molecule has 2 N–H and O–H groups in total. The zero-order valence-electron chi connectivity index (χ0n) is 7.51. The summed E-state index contributed by atoms with van der Waals surface area (Å²) in [4.78, 5) is 15.4. The number of aryl methyl sites for hydroxylation is 1. The smallest absolute Gasteiger partial charge is 0.352 e. The van der Waals surface area contributed by atoms with E-state index in [1.807, 2.05) is 0 Å². The Labute approximate surface area is 78.5 Å². The second kappa shape index (κ2) is 2.66. The number of fused-ring (bicyclic) bond motifs is 1. The van der Waals surface area contributed by atoms with Crippen molar-refractivity contribution in [1.29, 1.82) is 0 Å². The highest BCUT2D eigenvalue weighted by Crippen LogP contribution is 2.07. The van der Waals surface area contributed by atoms with Crippen LogP contribution in [-0.4, -0.2) is 24.4 Å². The Morgan fingerprint density at radius 2 is 2.36 bits per heavy atom. The number of hydrogen-bond acceptors (Lipinski definition) is 5. The van der Waals surface area contributed by atoms with Crippen molar-refractivity contribution >= 4 is 11.3 Å². The normalized spacial score (nSPS) is 10.6. The highest BCUT2D eigenvalue weighted by molar-refractivity contribution is 5.68. The van der Waals surface area contributed by atoms with Gasteiger partial charge in [0.05, 0.1) is 5.70 Å². The van der Waals surface area contributed by atoms with Crippen LogP contribution in [0.25, 0.3) is 11.3 Å². The summed E-state index contributed by atoms with van der Waals surface area (Å²) in [7, 11) is 1.51. The molecule has 0 unspecified atom stereocenters. The van der Waals surface area contributed by atoms with Gasteiger partial charge in [0.2, 0.25) is 0 Å². The Hall–Kier alpha value is -2.18. The van der Waals surface area contributed by atoms with Gasteiger partial charge < -0.3 is 5.73 Å². The molecule has 0 bridgehead atoms. The number of nitrogens with zero attached hydrogens (tertiary/aromatic N) is 5. The van der Waals surface area contributed by atoms with Crippen LogP contribution in [0.15, 0.2) is 17.7 Å². The second-order valence-electron chi connectivity index (χ2n) is 2.81. The molecule has 0 saturated heterocycles. The molecule has 2 heterocycles. The van der Waals surface area contributed by atoms with Gasteiger partial charge in [-0.05, 0) is 0 Å².